The zero-order chi connectivity index (χ0) is 22.5. The van der Waals surface area contributed by atoms with Crippen molar-refractivity contribution in [3.63, 3.8) is 0 Å². The molecular weight excluding hydrogens is 390 g/mol. The Kier molecular flexibility index (Phi) is 4.98. The van der Waals surface area contributed by atoms with Crippen LogP contribution in [0.15, 0.2) is 89.9 Å². The van der Waals surface area contributed by atoms with Gasteiger partial charge in [0.2, 0.25) is 0 Å². The Morgan fingerprint density at radius 2 is 1.28 bits per heavy atom. The molecule has 4 aromatic carbocycles. The molecule has 1 aliphatic rings. The normalized spacial score (nSPS) is 18.9. The van der Waals surface area contributed by atoms with E-state index in [-0.39, 0.29) is 11.8 Å². The molecule has 160 valence electrons. The first-order chi connectivity index (χ1) is 15.4. The average molecular weight is 420 g/mol. The van der Waals surface area contributed by atoms with Gasteiger partial charge in [-0.1, -0.05) is 100 Å². The van der Waals surface area contributed by atoms with E-state index in [1.165, 1.54) is 11.1 Å². The minimum atomic E-state index is -1.32. The molecule has 0 heterocycles. The van der Waals surface area contributed by atoms with Crippen molar-refractivity contribution in [3.05, 3.63) is 113 Å². The van der Waals surface area contributed by atoms with E-state index < -0.39 is 5.60 Å². The minimum Gasteiger partial charge on any atom is -0.374 e. The average Bonchev–Trinajstić information content (AvgIpc) is 3.04. The number of nitrogens with zero attached hydrogens (tertiary/aromatic N) is 1. The van der Waals surface area contributed by atoms with Gasteiger partial charge in [-0.3, -0.25) is 0 Å². The van der Waals surface area contributed by atoms with E-state index in [0.29, 0.717) is 5.71 Å². The molecule has 0 spiro atoms. The Morgan fingerprint density at radius 3 is 1.91 bits per heavy atom. The summed E-state index contributed by atoms with van der Waals surface area (Å²) < 4.78 is 0. The molecule has 1 unspecified atom stereocenters. The molecule has 32 heavy (non-hydrogen) atoms. The third kappa shape index (κ3) is 3.02. The van der Waals surface area contributed by atoms with Crippen LogP contribution in [0, 0.1) is 0 Å². The largest absolute Gasteiger partial charge is 0.374 e. The molecule has 0 amide bonds. The second-order valence-corrected chi connectivity index (χ2v) is 9.34. The topological polar surface area (TPSA) is 32.6 Å². The molecular formula is C30H29NO. The fourth-order valence-corrected chi connectivity index (χ4v) is 5.16. The van der Waals surface area contributed by atoms with Crippen molar-refractivity contribution >= 4 is 22.2 Å². The minimum absolute atomic E-state index is 0.272. The molecule has 2 heteroatoms. The van der Waals surface area contributed by atoms with Crippen molar-refractivity contribution in [2.75, 3.05) is 0 Å². The maximum Gasteiger partial charge on any atom is 0.159 e. The molecule has 0 aromatic heterocycles. The molecule has 0 fully saturated rings. The van der Waals surface area contributed by atoms with E-state index in [1.807, 2.05) is 36.4 Å². The second-order valence-electron chi connectivity index (χ2n) is 9.34. The van der Waals surface area contributed by atoms with Crippen LogP contribution in [-0.4, -0.2) is 10.8 Å². The lowest BCUT2D eigenvalue weighted by Gasteiger charge is -2.33. The summed E-state index contributed by atoms with van der Waals surface area (Å²) in [6.07, 6.45) is 0. The lowest BCUT2D eigenvalue weighted by atomic mass is 9.75. The highest BCUT2D eigenvalue weighted by atomic mass is 16.3. The highest BCUT2D eigenvalue weighted by Crippen LogP contribution is 2.49. The van der Waals surface area contributed by atoms with Gasteiger partial charge in [0, 0.05) is 16.7 Å². The lowest BCUT2D eigenvalue weighted by Crippen LogP contribution is -2.36. The summed E-state index contributed by atoms with van der Waals surface area (Å²) in [5.41, 5.74) is 5.51. The molecule has 0 radical (unpaired) electrons. The van der Waals surface area contributed by atoms with Crippen molar-refractivity contribution in [3.8, 4) is 0 Å². The van der Waals surface area contributed by atoms with Gasteiger partial charge in [-0.15, -0.1) is 0 Å². The van der Waals surface area contributed by atoms with Gasteiger partial charge in [-0.2, -0.15) is 0 Å². The molecule has 1 aliphatic carbocycles. The summed E-state index contributed by atoms with van der Waals surface area (Å²) in [6, 6.07) is 28.9. The van der Waals surface area contributed by atoms with Crippen LogP contribution < -0.4 is 0 Å². The van der Waals surface area contributed by atoms with Crippen LogP contribution in [0.1, 0.15) is 67.3 Å². The van der Waals surface area contributed by atoms with Gasteiger partial charge in [-0.05, 0) is 45.9 Å². The summed E-state index contributed by atoms with van der Waals surface area (Å²) in [5.74, 6) is 0.544. The number of benzene rings is 4. The van der Waals surface area contributed by atoms with Crippen LogP contribution in [0.4, 0.5) is 5.69 Å². The standard InChI is InChI=1S/C30H29NO/c1-19(2)23-15-10-16-24(20(3)4)28(23)30(32)26-18-9-12-21-11-8-17-25(27(21)26)29(30)31-22-13-6-5-7-14-22/h5-20,32H,1-4H3. The predicted molar refractivity (Wildman–Crippen MR) is 134 cm³/mol. The monoisotopic (exact) mass is 419 g/mol. The van der Waals surface area contributed by atoms with Gasteiger partial charge < -0.3 is 5.11 Å². The number of aliphatic imine (C=N–C) groups is 1. The Morgan fingerprint density at radius 1 is 0.688 bits per heavy atom. The lowest BCUT2D eigenvalue weighted by molar-refractivity contribution is 0.157. The molecule has 5 rings (SSSR count). The number of rotatable bonds is 4. The van der Waals surface area contributed by atoms with Gasteiger partial charge in [0.15, 0.2) is 5.60 Å². The van der Waals surface area contributed by atoms with Crippen molar-refractivity contribution in [1.82, 2.24) is 0 Å². The first-order valence-corrected chi connectivity index (χ1v) is 11.5. The van der Waals surface area contributed by atoms with E-state index >= 15 is 0 Å². The number of para-hydroxylation sites is 1. The smallest absolute Gasteiger partial charge is 0.159 e. The van der Waals surface area contributed by atoms with Crippen LogP contribution in [0.2, 0.25) is 0 Å². The second kappa shape index (κ2) is 7.72. The maximum absolute atomic E-state index is 12.8. The van der Waals surface area contributed by atoms with Crippen molar-refractivity contribution in [2.24, 2.45) is 4.99 Å². The Hall–Kier alpha value is -3.23. The van der Waals surface area contributed by atoms with Crippen molar-refractivity contribution in [1.29, 1.82) is 0 Å². The van der Waals surface area contributed by atoms with E-state index in [2.05, 4.69) is 76.2 Å². The molecule has 0 aliphatic heterocycles. The molecule has 0 saturated heterocycles. The van der Waals surface area contributed by atoms with E-state index in [9.17, 15) is 5.11 Å². The first-order valence-electron chi connectivity index (χ1n) is 11.5. The van der Waals surface area contributed by atoms with Gasteiger partial charge >= 0.3 is 0 Å². The third-order valence-corrected chi connectivity index (χ3v) is 6.62. The first kappa shape index (κ1) is 20.7. The van der Waals surface area contributed by atoms with Gasteiger partial charge in [0.25, 0.3) is 0 Å². The van der Waals surface area contributed by atoms with Crippen LogP contribution in [0.3, 0.4) is 0 Å². The number of hydrogen-bond donors (Lipinski definition) is 1. The van der Waals surface area contributed by atoms with E-state index in [1.54, 1.807) is 0 Å². The summed E-state index contributed by atoms with van der Waals surface area (Å²) >= 11 is 0. The summed E-state index contributed by atoms with van der Waals surface area (Å²) in [6.45, 7) is 8.79. The molecule has 2 nitrogen and oxygen atoms in total. The predicted octanol–water partition coefficient (Wildman–Crippen LogP) is 7.46. The number of hydrogen-bond acceptors (Lipinski definition) is 2. The Bertz CT molecular complexity index is 1300. The summed E-state index contributed by atoms with van der Waals surface area (Å²) in [4.78, 5) is 5.10. The van der Waals surface area contributed by atoms with Crippen LogP contribution in [0.25, 0.3) is 10.8 Å². The SMILES string of the molecule is CC(C)c1cccc(C(C)C)c1C1(O)C(=Nc2ccccc2)c2cccc3cccc1c23. The van der Waals surface area contributed by atoms with Gasteiger partial charge in [-0.25, -0.2) is 4.99 Å². The molecule has 0 saturated carbocycles. The van der Waals surface area contributed by atoms with Crippen LogP contribution in [-0.2, 0) is 5.60 Å². The van der Waals surface area contributed by atoms with Gasteiger partial charge in [0.1, 0.15) is 0 Å². The zero-order valence-electron chi connectivity index (χ0n) is 19.1. The van der Waals surface area contributed by atoms with E-state index in [0.717, 1.165) is 33.2 Å². The highest BCUT2D eigenvalue weighted by molar-refractivity contribution is 6.24. The fourth-order valence-electron chi connectivity index (χ4n) is 5.16. The van der Waals surface area contributed by atoms with Gasteiger partial charge in [0.05, 0.1) is 11.4 Å². The maximum atomic E-state index is 12.8. The molecule has 1 atom stereocenters. The molecule has 1 N–H and O–H groups in total. The molecule has 0 bridgehead atoms. The fraction of sp³-hybridized carbons (Fsp3) is 0.233. The van der Waals surface area contributed by atoms with E-state index in [4.69, 9.17) is 4.99 Å². The highest BCUT2D eigenvalue weighted by Gasteiger charge is 2.48. The summed E-state index contributed by atoms with van der Waals surface area (Å²) in [5, 5.41) is 15.1. The quantitative estimate of drug-likeness (QED) is 0.366. The zero-order valence-corrected chi connectivity index (χ0v) is 19.1. The van der Waals surface area contributed by atoms with Crippen molar-refractivity contribution in [2.45, 2.75) is 45.1 Å². The van der Waals surface area contributed by atoms with Crippen molar-refractivity contribution < 1.29 is 5.11 Å². The number of aliphatic hydroxyl groups is 1. The molecule has 4 aromatic rings. The Labute approximate surface area is 190 Å². The summed E-state index contributed by atoms with van der Waals surface area (Å²) in [7, 11) is 0. The van der Waals surface area contributed by atoms with Crippen LogP contribution >= 0.6 is 0 Å². The van der Waals surface area contributed by atoms with Crippen LogP contribution in [0.5, 0.6) is 0 Å². The Balaban J connectivity index is 1.93. The third-order valence-electron chi connectivity index (χ3n) is 6.62.